The standard InChI is InChI=1S/C15H15BrN2O3/c1-2-12(17)10-6-8-11(9-7-10)21-14-5-3-4-13(15(14)16)18(19)20/h3-9,12H,2,17H2,1H3/t12-/m1/s1. The van der Waals surface area contributed by atoms with Gasteiger partial charge >= 0.3 is 0 Å². The van der Waals surface area contributed by atoms with Gasteiger partial charge in [-0.3, -0.25) is 10.1 Å². The minimum absolute atomic E-state index is 0.00333. The summed E-state index contributed by atoms with van der Waals surface area (Å²) in [5.41, 5.74) is 6.95. The van der Waals surface area contributed by atoms with Crippen LogP contribution in [0.25, 0.3) is 0 Å². The zero-order valence-electron chi connectivity index (χ0n) is 11.5. The third-order valence-corrected chi connectivity index (χ3v) is 3.91. The van der Waals surface area contributed by atoms with Crippen molar-refractivity contribution in [3.8, 4) is 11.5 Å². The Bertz CT molecular complexity index is 644. The monoisotopic (exact) mass is 350 g/mol. The molecule has 0 saturated heterocycles. The van der Waals surface area contributed by atoms with E-state index in [0.717, 1.165) is 12.0 Å². The van der Waals surface area contributed by atoms with Gasteiger partial charge in [0, 0.05) is 12.1 Å². The van der Waals surface area contributed by atoms with E-state index < -0.39 is 4.92 Å². The molecule has 21 heavy (non-hydrogen) atoms. The maximum atomic E-state index is 10.9. The molecule has 2 rings (SSSR count). The highest BCUT2D eigenvalue weighted by Crippen LogP contribution is 2.36. The van der Waals surface area contributed by atoms with Gasteiger partial charge < -0.3 is 10.5 Å². The fourth-order valence-corrected chi connectivity index (χ4v) is 2.35. The second-order valence-electron chi connectivity index (χ2n) is 4.53. The molecule has 0 heterocycles. The van der Waals surface area contributed by atoms with Crippen LogP contribution in [-0.4, -0.2) is 4.92 Å². The lowest BCUT2D eigenvalue weighted by molar-refractivity contribution is -0.385. The molecular weight excluding hydrogens is 336 g/mol. The van der Waals surface area contributed by atoms with Crippen LogP contribution in [0.4, 0.5) is 5.69 Å². The lowest BCUT2D eigenvalue weighted by atomic mass is 10.1. The molecule has 0 saturated carbocycles. The van der Waals surface area contributed by atoms with Crippen LogP contribution in [0, 0.1) is 10.1 Å². The summed E-state index contributed by atoms with van der Waals surface area (Å²) in [5.74, 6) is 1.000. The van der Waals surface area contributed by atoms with Gasteiger partial charge in [-0.25, -0.2) is 0 Å². The second-order valence-corrected chi connectivity index (χ2v) is 5.33. The smallest absolute Gasteiger partial charge is 0.287 e. The van der Waals surface area contributed by atoms with Crippen molar-refractivity contribution in [2.24, 2.45) is 5.73 Å². The van der Waals surface area contributed by atoms with E-state index in [1.165, 1.54) is 6.07 Å². The highest BCUT2D eigenvalue weighted by atomic mass is 79.9. The van der Waals surface area contributed by atoms with Crippen LogP contribution in [0.5, 0.6) is 11.5 Å². The minimum atomic E-state index is -0.458. The molecule has 0 radical (unpaired) electrons. The van der Waals surface area contributed by atoms with Gasteiger partial charge in [-0.1, -0.05) is 25.1 Å². The molecule has 0 aliphatic rings. The second kappa shape index (κ2) is 6.69. The van der Waals surface area contributed by atoms with Crippen LogP contribution >= 0.6 is 15.9 Å². The highest BCUT2D eigenvalue weighted by Gasteiger charge is 2.16. The van der Waals surface area contributed by atoms with E-state index in [1.54, 1.807) is 24.3 Å². The normalized spacial score (nSPS) is 12.0. The van der Waals surface area contributed by atoms with Crippen molar-refractivity contribution in [1.82, 2.24) is 0 Å². The third-order valence-electron chi connectivity index (χ3n) is 3.12. The molecule has 6 heteroatoms. The summed E-state index contributed by atoms with van der Waals surface area (Å²) in [5, 5.41) is 10.9. The Morgan fingerprint density at radius 1 is 1.29 bits per heavy atom. The molecule has 0 bridgehead atoms. The van der Waals surface area contributed by atoms with E-state index >= 15 is 0 Å². The van der Waals surface area contributed by atoms with E-state index in [1.807, 2.05) is 19.1 Å². The van der Waals surface area contributed by atoms with Gasteiger partial charge in [0.05, 0.1) is 4.92 Å². The molecule has 0 amide bonds. The first-order valence-corrected chi connectivity index (χ1v) is 7.28. The van der Waals surface area contributed by atoms with E-state index in [0.29, 0.717) is 16.0 Å². The quantitative estimate of drug-likeness (QED) is 0.633. The summed E-state index contributed by atoms with van der Waals surface area (Å²) < 4.78 is 6.00. The first-order chi connectivity index (χ1) is 10.0. The fourth-order valence-electron chi connectivity index (χ4n) is 1.86. The SMILES string of the molecule is CC[C@@H](N)c1ccc(Oc2cccc([N+](=O)[O-])c2Br)cc1. The Balaban J connectivity index is 2.22. The Morgan fingerprint density at radius 2 is 1.95 bits per heavy atom. The number of nitrogens with two attached hydrogens (primary N) is 1. The van der Waals surface area contributed by atoms with Crippen LogP contribution in [-0.2, 0) is 0 Å². The highest BCUT2D eigenvalue weighted by molar-refractivity contribution is 9.10. The Hall–Kier alpha value is -1.92. The maximum absolute atomic E-state index is 10.9. The van der Waals surface area contributed by atoms with Gasteiger partial charge in [0.25, 0.3) is 5.69 Å². The summed E-state index contributed by atoms with van der Waals surface area (Å²) in [6.07, 6.45) is 0.858. The average molecular weight is 351 g/mol. The van der Waals surface area contributed by atoms with Gasteiger partial charge in [-0.2, -0.15) is 0 Å². The van der Waals surface area contributed by atoms with Crippen molar-refractivity contribution in [2.45, 2.75) is 19.4 Å². The Morgan fingerprint density at radius 3 is 2.52 bits per heavy atom. The van der Waals surface area contributed by atoms with Crippen molar-refractivity contribution < 1.29 is 9.66 Å². The van der Waals surface area contributed by atoms with E-state index in [-0.39, 0.29) is 11.7 Å². The van der Waals surface area contributed by atoms with E-state index in [9.17, 15) is 10.1 Å². The Labute approximate surface area is 131 Å². The molecule has 0 spiro atoms. The van der Waals surface area contributed by atoms with Gasteiger partial charge in [0.15, 0.2) is 0 Å². The molecule has 2 aromatic rings. The number of nitrogens with zero attached hydrogens (tertiary/aromatic N) is 1. The number of hydrogen-bond acceptors (Lipinski definition) is 4. The molecule has 0 unspecified atom stereocenters. The summed E-state index contributed by atoms with van der Waals surface area (Å²) in [6, 6.07) is 12.1. The Kier molecular flexibility index (Phi) is 4.93. The molecule has 110 valence electrons. The van der Waals surface area contributed by atoms with Crippen LogP contribution < -0.4 is 10.5 Å². The molecule has 2 aromatic carbocycles. The first-order valence-electron chi connectivity index (χ1n) is 6.49. The van der Waals surface area contributed by atoms with Crippen molar-refractivity contribution in [3.63, 3.8) is 0 Å². The fraction of sp³-hybridized carbons (Fsp3) is 0.200. The van der Waals surface area contributed by atoms with Crippen LogP contribution in [0.1, 0.15) is 24.9 Å². The molecule has 0 aliphatic heterocycles. The zero-order chi connectivity index (χ0) is 15.4. The van der Waals surface area contributed by atoms with Crippen molar-refractivity contribution in [3.05, 3.63) is 62.6 Å². The lowest BCUT2D eigenvalue weighted by Crippen LogP contribution is -2.08. The molecule has 0 aliphatic carbocycles. The largest absolute Gasteiger partial charge is 0.456 e. The van der Waals surface area contributed by atoms with Crippen molar-refractivity contribution in [1.29, 1.82) is 0 Å². The molecule has 5 nitrogen and oxygen atoms in total. The topological polar surface area (TPSA) is 78.4 Å². The lowest BCUT2D eigenvalue weighted by Gasteiger charge is -2.11. The van der Waals surface area contributed by atoms with Crippen molar-refractivity contribution in [2.75, 3.05) is 0 Å². The van der Waals surface area contributed by atoms with E-state index in [2.05, 4.69) is 15.9 Å². The third kappa shape index (κ3) is 3.59. The summed E-state index contributed by atoms with van der Waals surface area (Å²) >= 11 is 3.20. The van der Waals surface area contributed by atoms with Gasteiger partial charge in [0.1, 0.15) is 16.0 Å². The van der Waals surface area contributed by atoms with E-state index in [4.69, 9.17) is 10.5 Å². The van der Waals surface area contributed by atoms with Crippen LogP contribution in [0.3, 0.4) is 0 Å². The van der Waals surface area contributed by atoms with Crippen LogP contribution in [0.2, 0.25) is 0 Å². The number of halogens is 1. The zero-order valence-corrected chi connectivity index (χ0v) is 13.0. The number of nitro benzene ring substituents is 1. The molecular formula is C15H15BrN2O3. The molecule has 0 aromatic heterocycles. The molecule has 0 fully saturated rings. The number of benzene rings is 2. The summed E-state index contributed by atoms with van der Waals surface area (Å²) in [7, 11) is 0. The van der Waals surface area contributed by atoms with Crippen molar-refractivity contribution >= 4 is 21.6 Å². The molecule has 2 N–H and O–H groups in total. The summed E-state index contributed by atoms with van der Waals surface area (Å²) in [6.45, 7) is 2.02. The van der Waals surface area contributed by atoms with Gasteiger partial charge in [-0.05, 0) is 46.1 Å². The molecule has 1 atom stereocenters. The van der Waals surface area contributed by atoms with Gasteiger partial charge in [-0.15, -0.1) is 0 Å². The predicted octanol–water partition coefficient (Wildman–Crippen LogP) is 4.56. The average Bonchev–Trinajstić information content (AvgIpc) is 2.49. The maximum Gasteiger partial charge on any atom is 0.287 e. The number of ether oxygens (including phenoxy) is 1. The minimum Gasteiger partial charge on any atom is -0.456 e. The van der Waals surface area contributed by atoms with Gasteiger partial charge in [0.2, 0.25) is 0 Å². The van der Waals surface area contributed by atoms with Crippen LogP contribution in [0.15, 0.2) is 46.9 Å². The predicted molar refractivity (Wildman–Crippen MR) is 84.5 cm³/mol. The first kappa shape index (κ1) is 15.5. The number of hydrogen-bond donors (Lipinski definition) is 1. The number of rotatable bonds is 5. The number of nitro groups is 1. The summed E-state index contributed by atoms with van der Waals surface area (Å²) in [4.78, 5) is 10.4.